The molecule has 0 aromatic heterocycles. The van der Waals surface area contributed by atoms with Crippen LogP contribution < -0.4 is 0 Å². The fourth-order valence-electron chi connectivity index (χ4n) is 0.0227. The first kappa shape index (κ1) is 7.29. The first-order valence-corrected chi connectivity index (χ1v) is 6.99. The van der Waals surface area contributed by atoms with Crippen molar-refractivity contribution in [2.24, 2.45) is 0 Å². The predicted octanol–water partition coefficient (Wildman–Crippen LogP) is -0.306. The zero-order chi connectivity index (χ0) is 4.12. The molecule has 0 radical (unpaired) electrons. The van der Waals surface area contributed by atoms with Gasteiger partial charge in [-0.3, -0.25) is 0 Å². The maximum atomic E-state index is 9.37. The van der Waals surface area contributed by atoms with Gasteiger partial charge in [0.15, 0.2) is 0 Å². The van der Waals surface area contributed by atoms with Gasteiger partial charge in [-0.1, -0.05) is 0 Å². The molecule has 0 aliphatic carbocycles. The van der Waals surface area contributed by atoms with Crippen LogP contribution in [0.25, 0.3) is 0 Å². The average Bonchev–Trinajstić information content (AvgIpc) is 1.41. The quantitative estimate of drug-likeness (QED) is 0.698. The van der Waals surface area contributed by atoms with Gasteiger partial charge < -0.3 is 0 Å². The van der Waals surface area contributed by atoms with E-state index in [-0.39, 0.29) is 0 Å². The number of rotatable bonds is 2. The standard InChI is InChI=1S/3O.2Pr. The zero-order valence-corrected chi connectivity index (χ0v) is 9.79. The monoisotopic (exact) mass is 330 g/mol. The minimum atomic E-state index is -2.02. The minimum absolute atomic E-state index is 2.02. The van der Waals surface area contributed by atoms with E-state index in [2.05, 4.69) is -2.72 Å². The van der Waals surface area contributed by atoms with Crippen molar-refractivity contribution in [2.45, 2.75) is 0 Å². The fourth-order valence-corrected chi connectivity index (χ4v) is 1.25. The van der Waals surface area contributed by atoms with Crippen LogP contribution in [0.15, 0.2) is 0 Å². The molecule has 0 bridgehead atoms. The molecule has 0 aromatic rings. The van der Waals surface area contributed by atoms with E-state index >= 15 is 0 Å². The second-order valence-electron chi connectivity index (χ2n) is 0.329. The summed E-state index contributed by atoms with van der Waals surface area (Å²) in [5.74, 6) is 0. The van der Waals surface area contributed by atoms with Crippen molar-refractivity contribution < 1.29 is 75.0 Å². The van der Waals surface area contributed by atoms with Crippen LogP contribution in [-0.4, -0.2) is 0 Å². The summed E-state index contributed by atoms with van der Waals surface area (Å²) in [6.45, 7) is 0. The molecular formula is O3Pr2. The summed E-state index contributed by atoms with van der Waals surface area (Å²) in [5.41, 5.74) is 0. The molecule has 0 aromatic carbocycles. The third-order valence-corrected chi connectivity index (χ3v) is 6.11. The van der Waals surface area contributed by atoms with E-state index in [0.29, 0.717) is 0 Å². The van der Waals surface area contributed by atoms with Crippen LogP contribution in [0.5, 0.6) is 0 Å². The third-order valence-electron chi connectivity index (χ3n) is 0.111. The van der Waals surface area contributed by atoms with Crippen LogP contribution in [0.1, 0.15) is 0 Å². The summed E-state index contributed by atoms with van der Waals surface area (Å²) in [6, 6.07) is 0. The summed E-state index contributed by atoms with van der Waals surface area (Å²) in [4.78, 5) is 0. The molecule has 0 saturated heterocycles. The summed E-state index contributed by atoms with van der Waals surface area (Å²) in [5, 5.41) is 0. The molecule has 0 spiro atoms. The Kier molecular flexibility index (Phi) is 9.16. The molecule has 0 atom stereocenters. The maximum absolute atomic E-state index is 9.37. The van der Waals surface area contributed by atoms with Gasteiger partial charge in [-0.25, -0.2) is 0 Å². The Morgan fingerprint density at radius 2 is 1.60 bits per heavy atom. The average molecular weight is 330 g/mol. The third kappa shape index (κ3) is 6.29. The van der Waals surface area contributed by atoms with E-state index in [0.717, 1.165) is 0 Å². The first-order chi connectivity index (χ1) is 2.41. The van der Waals surface area contributed by atoms with Crippen molar-refractivity contribution in [3.63, 3.8) is 0 Å². The molecule has 0 aliphatic rings. The fraction of sp³-hybridized carbons (Fsp3) is 0. The van der Waals surface area contributed by atoms with Crippen LogP contribution in [0.2, 0.25) is 0 Å². The Morgan fingerprint density at radius 1 is 1.20 bits per heavy atom. The molecule has 0 saturated carbocycles. The van der Waals surface area contributed by atoms with Crippen molar-refractivity contribution >= 4 is 0 Å². The van der Waals surface area contributed by atoms with E-state index in [1.165, 1.54) is 0 Å². The zero-order valence-electron chi connectivity index (χ0n) is 2.38. The van der Waals surface area contributed by atoms with Gasteiger partial charge in [0.1, 0.15) is 0 Å². The van der Waals surface area contributed by atoms with Gasteiger partial charge >= 0.3 is 75.0 Å². The molecule has 3 nitrogen and oxygen atoms in total. The van der Waals surface area contributed by atoms with Gasteiger partial charge in [-0.15, -0.1) is 0 Å². The van der Waals surface area contributed by atoms with Crippen molar-refractivity contribution in [3.8, 4) is 0 Å². The molecule has 0 unspecified atom stereocenters. The van der Waals surface area contributed by atoms with Gasteiger partial charge in [0.25, 0.3) is 0 Å². The molecule has 0 rings (SSSR count). The normalized spacial score (nSPS) is 4.80. The van der Waals surface area contributed by atoms with Crippen molar-refractivity contribution in [2.75, 3.05) is 0 Å². The Balaban J connectivity index is 2.65. The first-order valence-electron chi connectivity index (χ1n) is 0.943. The van der Waals surface area contributed by atoms with Crippen LogP contribution >= 0.6 is 0 Å². The van der Waals surface area contributed by atoms with Crippen LogP contribution in [-0.2, 0) is -0.732 Å². The van der Waals surface area contributed by atoms with Gasteiger partial charge in [-0.05, 0) is 0 Å². The van der Waals surface area contributed by atoms with Crippen LogP contribution in [0.4, 0.5) is 0 Å². The van der Waals surface area contributed by atoms with Gasteiger partial charge in [0.2, 0.25) is 0 Å². The van der Waals surface area contributed by atoms with E-state index in [9.17, 15) is 1.99 Å². The van der Waals surface area contributed by atoms with Crippen LogP contribution in [0, 0.1) is 75.7 Å². The SMILES string of the molecule is [O]=[Pr][O][Pr]=[O]. The van der Waals surface area contributed by atoms with Crippen molar-refractivity contribution in [3.05, 3.63) is 0 Å². The number of hydrogen-bond acceptors (Lipinski definition) is 3. The molecule has 0 heterocycles. The molecule has 0 aliphatic heterocycles. The molecular weight excluding hydrogens is 330 g/mol. The summed E-state index contributed by atoms with van der Waals surface area (Å²) >= 11 is -4.04. The molecule has 5 heavy (non-hydrogen) atoms. The van der Waals surface area contributed by atoms with Gasteiger partial charge in [0.05, 0.1) is 0 Å². The van der Waals surface area contributed by atoms with Gasteiger partial charge in [-0.2, -0.15) is 0 Å². The Hall–Kier alpha value is 2.29. The Labute approximate surface area is 72.7 Å². The van der Waals surface area contributed by atoms with E-state index < -0.39 is 75.7 Å². The second kappa shape index (κ2) is 6.29. The molecule has 0 N–H and O–H groups in total. The summed E-state index contributed by atoms with van der Waals surface area (Å²) < 4.78 is 22.9. The van der Waals surface area contributed by atoms with E-state index in [4.69, 9.17) is 0 Å². The van der Waals surface area contributed by atoms with Crippen molar-refractivity contribution in [1.29, 1.82) is 0 Å². The topological polar surface area (TPSA) is 43.4 Å². The van der Waals surface area contributed by atoms with E-state index in [1.54, 1.807) is 0 Å². The van der Waals surface area contributed by atoms with Crippen LogP contribution in [0.3, 0.4) is 0 Å². The summed E-state index contributed by atoms with van der Waals surface area (Å²) in [7, 11) is 0. The van der Waals surface area contributed by atoms with Crippen molar-refractivity contribution in [1.82, 2.24) is 0 Å². The van der Waals surface area contributed by atoms with Gasteiger partial charge in [0, 0.05) is 0 Å². The Bertz CT molecular complexity index is 34.2. The van der Waals surface area contributed by atoms with E-state index in [1.807, 2.05) is 0 Å². The molecule has 0 fully saturated rings. The molecule has 24 valence electrons. The summed E-state index contributed by atoms with van der Waals surface area (Å²) in [6.07, 6.45) is 0. The second-order valence-corrected chi connectivity index (χ2v) is 8.91. The number of hydrogen-bond donors (Lipinski definition) is 0. The molecule has 5 heteroatoms. The Morgan fingerprint density at radius 3 is 1.60 bits per heavy atom. The predicted molar refractivity (Wildman–Crippen MR) is 2.46 cm³/mol. The molecule has 0 amide bonds.